The zero-order chi connectivity index (χ0) is 10.8. The van der Waals surface area contributed by atoms with Crippen molar-refractivity contribution >= 4 is 22.9 Å². The first-order valence-corrected chi connectivity index (χ1v) is 5.39. The normalized spacial score (nSPS) is 11.1. The maximum Gasteiger partial charge on any atom is 0.185 e. The molecule has 0 aliphatic heterocycles. The minimum absolute atomic E-state index is 0.495. The van der Waals surface area contributed by atoms with E-state index in [-0.39, 0.29) is 0 Å². The number of fused-ring (bicyclic) bond motifs is 1. The lowest BCUT2D eigenvalue weighted by Crippen LogP contribution is -1.97. The van der Waals surface area contributed by atoms with Crippen molar-refractivity contribution in [3.8, 4) is 0 Å². The molecule has 0 unspecified atom stereocenters. The summed E-state index contributed by atoms with van der Waals surface area (Å²) in [7, 11) is 0. The Balaban J connectivity index is 2.47. The second-order valence-electron chi connectivity index (χ2n) is 3.49. The zero-order valence-electron chi connectivity index (χ0n) is 8.57. The summed E-state index contributed by atoms with van der Waals surface area (Å²) < 4.78 is 1.90. The fourth-order valence-corrected chi connectivity index (χ4v) is 1.65. The van der Waals surface area contributed by atoms with Crippen LogP contribution in [0.1, 0.15) is 25.6 Å². The molecule has 15 heavy (non-hydrogen) atoms. The largest absolute Gasteiger partial charge is 0.394 e. The van der Waals surface area contributed by atoms with Crippen LogP contribution in [-0.4, -0.2) is 14.6 Å². The number of aromatic nitrogens is 3. The molecule has 0 aromatic carbocycles. The second-order valence-corrected chi connectivity index (χ2v) is 3.90. The number of nitrogens with two attached hydrogens (primary N) is 1. The highest BCUT2D eigenvalue weighted by Crippen LogP contribution is 2.22. The highest BCUT2D eigenvalue weighted by molar-refractivity contribution is 6.33. The van der Waals surface area contributed by atoms with Crippen molar-refractivity contribution in [2.24, 2.45) is 0 Å². The van der Waals surface area contributed by atoms with Gasteiger partial charge in [0.15, 0.2) is 5.65 Å². The van der Waals surface area contributed by atoms with Crippen LogP contribution in [0.2, 0.25) is 5.02 Å². The highest BCUT2D eigenvalue weighted by Gasteiger charge is 2.09. The molecule has 0 fully saturated rings. The molecule has 0 atom stereocenters. The first kappa shape index (κ1) is 10.2. The topological polar surface area (TPSA) is 56.2 Å². The molecule has 0 saturated heterocycles. The quantitative estimate of drug-likeness (QED) is 0.871. The first-order valence-electron chi connectivity index (χ1n) is 5.01. The number of halogens is 1. The summed E-state index contributed by atoms with van der Waals surface area (Å²) in [5.74, 6) is 0.940. The number of unbranched alkanes of at least 4 members (excludes halogenated alkanes) is 1. The van der Waals surface area contributed by atoms with E-state index in [0.29, 0.717) is 16.4 Å². The van der Waals surface area contributed by atoms with Gasteiger partial charge in [0, 0.05) is 12.6 Å². The monoisotopic (exact) mass is 224 g/mol. The average molecular weight is 225 g/mol. The van der Waals surface area contributed by atoms with Gasteiger partial charge in [-0.25, -0.2) is 0 Å². The average Bonchev–Trinajstić information content (AvgIpc) is 2.64. The summed E-state index contributed by atoms with van der Waals surface area (Å²) in [6, 6.07) is 1.77. The van der Waals surface area contributed by atoms with E-state index in [1.807, 2.05) is 10.6 Å². The third kappa shape index (κ3) is 1.77. The molecule has 0 amide bonds. The smallest absolute Gasteiger partial charge is 0.185 e. The van der Waals surface area contributed by atoms with Crippen molar-refractivity contribution in [1.29, 1.82) is 0 Å². The van der Waals surface area contributed by atoms with E-state index in [2.05, 4.69) is 17.1 Å². The van der Waals surface area contributed by atoms with Crippen LogP contribution < -0.4 is 5.73 Å². The van der Waals surface area contributed by atoms with Crippen LogP contribution in [0.4, 0.5) is 5.69 Å². The zero-order valence-corrected chi connectivity index (χ0v) is 9.33. The van der Waals surface area contributed by atoms with Crippen LogP contribution in [0.5, 0.6) is 0 Å². The fourth-order valence-electron chi connectivity index (χ4n) is 1.51. The molecule has 2 N–H and O–H groups in total. The molecule has 0 aliphatic rings. The first-order chi connectivity index (χ1) is 7.24. The van der Waals surface area contributed by atoms with E-state index in [1.165, 1.54) is 0 Å². The molecule has 0 aliphatic carbocycles. The Kier molecular flexibility index (Phi) is 2.77. The Hall–Kier alpha value is -1.29. The third-order valence-electron chi connectivity index (χ3n) is 2.39. The number of pyridine rings is 1. The summed E-state index contributed by atoms with van der Waals surface area (Å²) in [5, 5.41) is 8.67. The number of nitrogen functional groups attached to an aromatic ring is 1. The van der Waals surface area contributed by atoms with Gasteiger partial charge >= 0.3 is 0 Å². The molecular weight excluding hydrogens is 212 g/mol. The SMILES string of the molecule is CCCCc1nnc2c(N)c(Cl)ccn12. The molecular formula is C10H13ClN4. The van der Waals surface area contributed by atoms with Gasteiger partial charge in [0.1, 0.15) is 5.82 Å². The van der Waals surface area contributed by atoms with E-state index in [0.717, 1.165) is 25.1 Å². The minimum atomic E-state index is 0.495. The van der Waals surface area contributed by atoms with Crippen molar-refractivity contribution in [2.45, 2.75) is 26.2 Å². The van der Waals surface area contributed by atoms with E-state index < -0.39 is 0 Å². The van der Waals surface area contributed by atoms with Crippen LogP contribution >= 0.6 is 11.6 Å². The molecule has 4 nitrogen and oxygen atoms in total. The van der Waals surface area contributed by atoms with Crippen LogP contribution in [0, 0.1) is 0 Å². The lowest BCUT2D eigenvalue weighted by Gasteiger charge is -2.01. The van der Waals surface area contributed by atoms with E-state index in [9.17, 15) is 0 Å². The maximum atomic E-state index is 5.90. The third-order valence-corrected chi connectivity index (χ3v) is 2.72. The van der Waals surface area contributed by atoms with Gasteiger partial charge in [-0.05, 0) is 12.5 Å². The Morgan fingerprint density at radius 3 is 3.00 bits per heavy atom. The van der Waals surface area contributed by atoms with Gasteiger partial charge in [-0.1, -0.05) is 24.9 Å². The number of nitrogens with zero attached hydrogens (tertiary/aromatic N) is 3. The Morgan fingerprint density at radius 2 is 2.27 bits per heavy atom. The number of aryl methyl sites for hydroxylation is 1. The maximum absolute atomic E-state index is 5.90. The number of hydrogen-bond donors (Lipinski definition) is 1. The van der Waals surface area contributed by atoms with Gasteiger partial charge in [-0.15, -0.1) is 10.2 Å². The molecule has 0 bridgehead atoms. The lowest BCUT2D eigenvalue weighted by atomic mass is 10.2. The van der Waals surface area contributed by atoms with Gasteiger partial charge in [-0.2, -0.15) is 0 Å². The predicted molar refractivity (Wildman–Crippen MR) is 61.0 cm³/mol. The summed E-state index contributed by atoms with van der Waals surface area (Å²) in [6.45, 7) is 2.15. The standard InChI is InChI=1S/C10H13ClN4/c1-2-3-4-8-13-14-10-9(12)7(11)5-6-15(8)10/h5-6H,2-4,12H2,1H3. The summed E-state index contributed by atoms with van der Waals surface area (Å²) >= 11 is 5.90. The predicted octanol–water partition coefficient (Wildman–Crippen LogP) is 2.31. The van der Waals surface area contributed by atoms with E-state index >= 15 is 0 Å². The Morgan fingerprint density at radius 1 is 1.47 bits per heavy atom. The molecule has 0 radical (unpaired) electrons. The molecule has 80 valence electrons. The summed E-state index contributed by atoms with van der Waals surface area (Å²) in [5.41, 5.74) is 6.95. The number of hydrogen-bond acceptors (Lipinski definition) is 3. The Bertz CT molecular complexity index is 477. The molecule has 5 heteroatoms. The van der Waals surface area contributed by atoms with Crippen molar-refractivity contribution in [3.05, 3.63) is 23.1 Å². The molecule has 2 aromatic heterocycles. The minimum Gasteiger partial charge on any atom is -0.394 e. The highest BCUT2D eigenvalue weighted by atomic mass is 35.5. The molecule has 2 rings (SSSR count). The van der Waals surface area contributed by atoms with Crippen LogP contribution in [0.15, 0.2) is 12.3 Å². The lowest BCUT2D eigenvalue weighted by molar-refractivity contribution is 0.743. The van der Waals surface area contributed by atoms with Gasteiger partial charge in [0.2, 0.25) is 0 Å². The fraction of sp³-hybridized carbons (Fsp3) is 0.400. The van der Waals surface area contributed by atoms with Crippen LogP contribution in [-0.2, 0) is 6.42 Å². The van der Waals surface area contributed by atoms with E-state index in [1.54, 1.807) is 6.07 Å². The van der Waals surface area contributed by atoms with Gasteiger partial charge < -0.3 is 5.73 Å². The van der Waals surface area contributed by atoms with Gasteiger partial charge in [0.25, 0.3) is 0 Å². The Labute approximate surface area is 93.1 Å². The van der Waals surface area contributed by atoms with Crippen LogP contribution in [0.25, 0.3) is 5.65 Å². The van der Waals surface area contributed by atoms with Crippen molar-refractivity contribution in [3.63, 3.8) is 0 Å². The second kappa shape index (κ2) is 4.06. The number of rotatable bonds is 3. The van der Waals surface area contributed by atoms with Crippen molar-refractivity contribution < 1.29 is 0 Å². The van der Waals surface area contributed by atoms with Crippen molar-refractivity contribution in [1.82, 2.24) is 14.6 Å². The van der Waals surface area contributed by atoms with Gasteiger partial charge in [0.05, 0.1) is 10.7 Å². The summed E-state index contributed by atoms with van der Waals surface area (Å²) in [4.78, 5) is 0. The molecule has 0 saturated carbocycles. The van der Waals surface area contributed by atoms with Crippen LogP contribution in [0.3, 0.4) is 0 Å². The molecule has 2 aromatic rings. The van der Waals surface area contributed by atoms with E-state index in [4.69, 9.17) is 17.3 Å². The number of anilines is 1. The summed E-state index contributed by atoms with van der Waals surface area (Å²) in [6.07, 6.45) is 5.01. The van der Waals surface area contributed by atoms with Gasteiger partial charge in [-0.3, -0.25) is 4.40 Å². The van der Waals surface area contributed by atoms with Crippen molar-refractivity contribution in [2.75, 3.05) is 5.73 Å². The molecule has 2 heterocycles. The molecule has 0 spiro atoms.